The molecular formula is C45H82N6O11. The van der Waals surface area contributed by atoms with Gasteiger partial charge in [-0.05, 0) is 68.3 Å². The van der Waals surface area contributed by atoms with Crippen LogP contribution in [0.25, 0.3) is 0 Å². The lowest BCUT2D eigenvalue weighted by molar-refractivity contribution is -0.148. The Kier molecular flexibility index (Phi) is 40.8. The standard InChI is InChI=1S/C18H29N3O3.C13H21N3O6.C5H12O.C5H10O.C4H10/c1-13(2)18(23)24-12-14-7-9-15(10-8-14)21-17(22)16(20-3)6-4-5-11-19;14-10(17)9-15-11(18)3-5-21-7-8-22-6-4-16-12(19)1-2-13(16)20;2*1-5(2)3-4-6;1-4(2)3/h7-10,13,16,20H,4-6,11-12,19H2,1-3H3,(H,21,22);1-9H2,(H2,14,17)(H,15,18);5-6H,3-4H2,1-2H3;4-5H,3H2,1-2H3;4H,1-3H3. The number of likely N-dealkylation sites (N-methyl/N-ethyl adjacent to an activating group) is 1. The number of anilines is 1. The maximum absolute atomic E-state index is 12.2. The molecule has 62 heavy (non-hydrogen) atoms. The van der Waals surface area contributed by atoms with Gasteiger partial charge >= 0.3 is 5.97 Å². The van der Waals surface area contributed by atoms with Gasteiger partial charge in [0.05, 0.1) is 51.5 Å². The topological polar surface area (TPSA) is 259 Å². The summed E-state index contributed by atoms with van der Waals surface area (Å²) in [4.78, 5) is 78.7. The lowest BCUT2D eigenvalue weighted by Gasteiger charge is -2.16. The van der Waals surface area contributed by atoms with Gasteiger partial charge in [0.15, 0.2) is 0 Å². The number of hydrogen-bond donors (Lipinski definition) is 6. The molecule has 0 aromatic heterocycles. The van der Waals surface area contributed by atoms with Crippen LogP contribution in [-0.2, 0) is 54.4 Å². The third kappa shape index (κ3) is 39.8. The molecule has 0 bridgehead atoms. The van der Waals surface area contributed by atoms with Crippen molar-refractivity contribution in [3.8, 4) is 0 Å². The van der Waals surface area contributed by atoms with Crippen LogP contribution in [0.3, 0.4) is 0 Å². The molecule has 1 atom stereocenters. The van der Waals surface area contributed by atoms with E-state index in [0.29, 0.717) is 44.6 Å². The molecule has 1 saturated heterocycles. The zero-order valence-corrected chi connectivity index (χ0v) is 39.4. The van der Waals surface area contributed by atoms with Gasteiger partial charge < -0.3 is 51.5 Å². The summed E-state index contributed by atoms with van der Waals surface area (Å²) in [6, 6.07) is 7.06. The van der Waals surface area contributed by atoms with Crippen molar-refractivity contribution in [2.24, 2.45) is 35.1 Å². The van der Waals surface area contributed by atoms with Gasteiger partial charge in [-0.1, -0.05) is 80.9 Å². The number of unbranched alkanes of at least 4 members (excludes halogenated alkanes) is 1. The first-order valence-corrected chi connectivity index (χ1v) is 21.8. The molecule has 1 fully saturated rings. The average Bonchev–Trinajstić information content (AvgIpc) is 3.52. The highest BCUT2D eigenvalue weighted by atomic mass is 16.5. The van der Waals surface area contributed by atoms with Crippen LogP contribution in [0, 0.1) is 23.7 Å². The number of imide groups is 1. The van der Waals surface area contributed by atoms with E-state index < -0.39 is 5.91 Å². The Morgan fingerprint density at radius 2 is 1.40 bits per heavy atom. The Morgan fingerprint density at radius 1 is 0.839 bits per heavy atom. The molecule has 0 saturated carbocycles. The molecule has 0 aliphatic carbocycles. The van der Waals surface area contributed by atoms with E-state index in [0.717, 1.165) is 49.1 Å². The number of primary amides is 1. The van der Waals surface area contributed by atoms with Gasteiger partial charge in [-0.15, -0.1) is 0 Å². The van der Waals surface area contributed by atoms with E-state index in [1.807, 2.05) is 38.1 Å². The second-order valence-electron chi connectivity index (χ2n) is 16.2. The van der Waals surface area contributed by atoms with Crippen molar-refractivity contribution in [1.82, 2.24) is 15.5 Å². The van der Waals surface area contributed by atoms with Gasteiger partial charge in [0, 0.05) is 38.0 Å². The highest BCUT2D eigenvalue weighted by molar-refractivity contribution is 6.01. The Bertz CT molecular complexity index is 1340. The van der Waals surface area contributed by atoms with E-state index in [1.54, 1.807) is 20.9 Å². The highest BCUT2D eigenvalue weighted by Crippen LogP contribution is 2.13. The summed E-state index contributed by atoms with van der Waals surface area (Å²) in [6.45, 7) is 20.7. The molecule has 1 heterocycles. The fourth-order valence-electron chi connectivity index (χ4n) is 4.37. The predicted molar refractivity (Wildman–Crippen MR) is 242 cm³/mol. The molecule has 1 aromatic carbocycles. The Balaban J connectivity index is -0.000000833. The van der Waals surface area contributed by atoms with Crippen molar-refractivity contribution in [1.29, 1.82) is 0 Å². The van der Waals surface area contributed by atoms with Crippen LogP contribution in [0.1, 0.15) is 119 Å². The minimum atomic E-state index is -0.599. The SMILES string of the molecule is CC(C)C.CC(C)CC=O.CC(C)CCO.CNC(CCCCN)C(=O)Nc1ccc(COC(=O)C(C)C)cc1.NC(=O)CNC(=O)CCOCCOCCN1C(=O)CCC1=O. The molecule has 17 nitrogen and oxygen atoms in total. The average molecular weight is 883 g/mol. The lowest BCUT2D eigenvalue weighted by atomic mass is 10.1. The first kappa shape index (κ1) is 62.0. The van der Waals surface area contributed by atoms with Gasteiger partial charge in [-0.25, -0.2) is 0 Å². The third-order valence-electron chi connectivity index (χ3n) is 7.88. The fourth-order valence-corrected chi connectivity index (χ4v) is 4.37. The second kappa shape index (κ2) is 40.8. The number of rotatable bonds is 25. The summed E-state index contributed by atoms with van der Waals surface area (Å²) >= 11 is 0. The van der Waals surface area contributed by atoms with Gasteiger partial charge in [-0.2, -0.15) is 0 Å². The predicted octanol–water partition coefficient (Wildman–Crippen LogP) is 4.12. The number of aliphatic hydroxyl groups excluding tert-OH is 1. The minimum absolute atomic E-state index is 0.0616. The molecule has 1 aromatic rings. The van der Waals surface area contributed by atoms with Crippen LogP contribution in [0.15, 0.2) is 24.3 Å². The maximum atomic E-state index is 12.2. The number of nitrogens with two attached hydrogens (primary N) is 2. The maximum Gasteiger partial charge on any atom is 0.308 e. The number of carbonyl (C=O) groups is 7. The van der Waals surface area contributed by atoms with E-state index in [4.69, 9.17) is 30.8 Å². The Hall–Kier alpha value is -4.29. The van der Waals surface area contributed by atoms with E-state index in [9.17, 15) is 33.6 Å². The van der Waals surface area contributed by atoms with Gasteiger partial charge in [0.2, 0.25) is 29.5 Å². The summed E-state index contributed by atoms with van der Waals surface area (Å²) < 4.78 is 15.6. The molecule has 17 heteroatoms. The number of hydrogen-bond acceptors (Lipinski definition) is 13. The summed E-state index contributed by atoms with van der Waals surface area (Å²) in [6.07, 6.45) is 5.84. The lowest BCUT2D eigenvalue weighted by Crippen LogP contribution is -2.38. The summed E-state index contributed by atoms with van der Waals surface area (Å²) in [5.74, 6) is 0.357. The van der Waals surface area contributed by atoms with E-state index in [1.165, 1.54) is 4.90 Å². The number of esters is 1. The molecular weight excluding hydrogens is 801 g/mol. The molecule has 0 radical (unpaired) electrons. The number of aliphatic hydroxyl groups is 1. The summed E-state index contributed by atoms with van der Waals surface area (Å²) in [5, 5.41) is 16.5. The zero-order valence-electron chi connectivity index (χ0n) is 39.4. The largest absolute Gasteiger partial charge is 0.461 e. The first-order valence-electron chi connectivity index (χ1n) is 21.8. The number of likely N-dealkylation sites (tertiary alicyclic amines) is 1. The van der Waals surface area contributed by atoms with Crippen molar-refractivity contribution in [2.45, 2.75) is 126 Å². The number of carbonyl (C=O) groups excluding carboxylic acids is 7. The van der Waals surface area contributed by atoms with Crippen LogP contribution < -0.4 is 27.4 Å². The van der Waals surface area contributed by atoms with Crippen molar-refractivity contribution in [2.75, 3.05) is 65.0 Å². The van der Waals surface area contributed by atoms with E-state index in [-0.39, 0.29) is 93.7 Å². The number of benzene rings is 1. The second-order valence-corrected chi connectivity index (χ2v) is 16.2. The molecule has 1 unspecified atom stereocenters. The van der Waals surface area contributed by atoms with Crippen LogP contribution in [0.4, 0.5) is 5.69 Å². The summed E-state index contributed by atoms with van der Waals surface area (Å²) in [7, 11) is 1.78. The number of amides is 5. The number of ether oxygens (including phenoxy) is 3. The Morgan fingerprint density at radius 3 is 1.82 bits per heavy atom. The van der Waals surface area contributed by atoms with Crippen LogP contribution in [0.2, 0.25) is 0 Å². The van der Waals surface area contributed by atoms with Crippen molar-refractivity contribution in [3.05, 3.63) is 29.8 Å². The zero-order chi connectivity index (χ0) is 47.9. The van der Waals surface area contributed by atoms with E-state index >= 15 is 0 Å². The summed E-state index contributed by atoms with van der Waals surface area (Å²) in [5.41, 5.74) is 12.0. The number of aldehydes is 1. The quantitative estimate of drug-likeness (QED) is 0.0350. The Labute approximate surface area is 371 Å². The van der Waals surface area contributed by atoms with Crippen LogP contribution in [-0.4, -0.2) is 118 Å². The third-order valence-corrected chi connectivity index (χ3v) is 7.88. The minimum Gasteiger partial charge on any atom is -0.461 e. The van der Waals surface area contributed by atoms with Crippen LogP contribution in [0.5, 0.6) is 0 Å². The molecule has 8 N–H and O–H groups in total. The van der Waals surface area contributed by atoms with Gasteiger partial charge in [0.25, 0.3) is 0 Å². The number of nitrogens with zero attached hydrogens (tertiary/aromatic N) is 1. The highest BCUT2D eigenvalue weighted by Gasteiger charge is 2.28. The molecule has 5 amide bonds. The molecule has 358 valence electrons. The van der Waals surface area contributed by atoms with Crippen LogP contribution >= 0.6 is 0 Å². The van der Waals surface area contributed by atoms with Crippen molar-refractivity contribution >= 4 is 47.5 Å². The number of nitrogens with one attached hydrogen (secondary N) is 3. The smallest absolute Gasteiger partial charge is 0.308 e. The van der Waals surface area contributed by atoms with Gasteiger partial charge in [-0.3, -0.25) is 33.7 Å². The monoisotopic (exact) mass is 883 g/mol. The van der Waals surface area contributed by atoms with Crippen molar-refractivity contribution < 1.29 is 52.9 Å². The normalized spacial score (nSPS) is 12.2. The van der Waals surface area contributed by atoms with Gasteiger partial charge in [0.1, 0.15) is 12.9 Å². The fraction of sp³-hybridized carbons (Fsp3) is 0.711. The van der Waals surface area contributed by atoms with Crippen molar-refractivity contribution in [3.63, 3.8) is 0 Å². The van der Waals surface area contributed by atoms with E-state index in [2.05, 4.69) is 50.6 Å². The molecule has 1 aliphatic rings. The molecule has 2 rings (SSSR count). The first-order chi connectivity index (χ1) is 29.2. The molecule has 0 spiro atoms. The molecule has 1 aliphatic heterocycles.